The molecule has 0 radical (unpaired) electrons. The summed E-state index contributed by atoms with van der Waals surface area (Å²) in [7, 11) is -1.31. The molecule has 0 spiro atoms. The predicted octanol–water partition coefficient (Wildman–Crippen LogP) is 2.38. The van der Waals surface area contributed by atoms with E-state index in [0.717, 1.165) is 19.0 Å². The molecule has 1 rings (SSSR count). The van der Waals surface area contributed by atoms with Gasteiger partial charge in [0.2, 0.25) is 0 Å². The Bertz CT molecular complexity index is 170. The van der Waals surface area contributed by atoms with Crippen molar-refractivity contribution in [2.45, 2.75) is 38.9 Å². The van der Waals surface area contributed by atoms with E-state index in [4.69, 9.17) is 4.74 Å². The van der Waals surface area contributed by atoms with E-state index in [-0.39, 0.29) is 0 Å². The van der Waals surface area contributed by atoms with Crippen LogP contribution in [0.1, 0.15) is 26.7 Å². The fraction of sp³-hybridized carbons (Fsp3) is 1.00. The van der Waals surface area contributed by atoms with Crippen molar-refractivity contribution >= 4 is 7.80 Å². The second-order valence-corrected chi connectivity index (χ2v) is 5.61. The highest BCUT2D eigenvalue weighted by atomic mass is 31.1. The van der Waals surface area contributed by atoms with Crippen molar-refractivity contribution in [2.75, 3.05) is 12.8 Å². The van der Waals surface area contributed by atoms with E-state index >= 15 is 0 Å². The Morgan fingerprint density at radius 3 is 2.75 bits per heavy atom. The first-order valence-electron chi connectivity index (χ1n) is 4.78. The molecule has 2 nitrogen and oxygen atoms in total. The molecule has 3 heteroatoms. The standard InChI is InChI=1S/C9H19O2P/c1-4-9-8(6-12(3)10)5-7(2)11-9/h7-9,12H,4-6H2,1-3H3/t7-,8-,9+/m0/s1. The van der Waals surface area contributed by atoms with Gasteiger partial charge in [-0.15, -0.1) is 0 Å². The second kappa shape index (κ2) is 4.43. The summed E-state index contributed by atoms with van der Waals surface area (Å²) >= 11 is 0. The molecule has 1 aliphatic rings. The molecule has 0 aromatic heterocycles. The molecule has 0 aromatic rings. The minimum absolute atomic E-state index is 0.369. The third-order valence-corrected chi connectivity index (χ3v) is 3.62. The van der Waals surface area contributed by atoms with Crippen LogP contribution in [-0.2, 0) is 9.30 Å². The lowest BCUT2D eigenvalue weighted by Gasteiger charge is -2.14. The molecule has 0 saturated carbocycles. The quantitative estimate of drug-likeness (QED) is 0.639. The summed E-state index contributed by atoms with van der Waals surface area (Å²) in [6.07, 6.45) is 3.79. The third-order valence-electron chi connectivity index (χ3n) is 2.52. The van der Waals surface area contributed by atoms with Crippen LogP contribution < -0.4 is 0 Å². The Hall–Kier alpha value is 0.190. The van der Waals surface area contributed by atoms with E-state index in [2.05, 4.69) is 13.8 Å². The first-order chi connectivity index (χ1) is 5.63. The van der Waals surface area contributed by atoms with Crippen molar-refractivity contribution in [1.29, 1.82) is 0 Å². The van der Waals surface area contributed by atoms with Gasteiger partial charge in [-0.25, -0.2) is 0 Å². The van der Waals surface area contributed by atoms with E-state index in [1.165, 1.54) is 0 Å². The summed E-state index contributed by atoms with van der Waals surface area (Å²) in [5.74, 6) is 0.557. The largest absolute Gasteiger partial charge is 0.375 e. The van der Waals surface area contributed by atoms with Crippen LogP contribution >= 0.6 is 7.80 Å². The lowest BCUT2D eigenvalue weighted by Crippen LogP contribution is -2.16. The van der Waals surface area contributed by atoms with Crippen LogP contribution in [0, 0.1) is 5.92 Å². The Labute approximate surface area is 75.5 Å². The van der Waals surface area contributed by atoms with Gasteiger partial charge in [0.15, 0.2) is 0 Å². The SMILES string of the molecule is CC[C@H]1O[C@@H](C)C[C@H]1C[PH](C)=O. The molecule has 0 N–H and O–H groups in total. The maximum atomic E-state index is 11.1. The highest BCUT2D eigenvalue weighted by Crippen LogP contribution is 2.33. The lowest BCUT2D eigenvalue weighted by atomic mass is 10.0. The van der Waals surface area contributed by atoms with E-state index in [1.54, 1.807) is 0 Å². The van der Waals surface area contributed by atoms with E-state index in [0.29, 0.717) is 18.1 Å². The van der Waals surface area contributed by atoms with Gasteiger partial charge in [0.25, 0.3) is 0 Å². The highest BCUT2D eigenvalue weighted by molar-refractivity contribution is 7.43. The monoisotopic (exact) mass is 190 g/mol. The van der Waals surface area contributed by atoms with Gasteiger partial charge in [0.1, 0.15) is 0 Å². The van der Waals surface area contributed by atoms with Gasteiger partial charge in [-0.3, -0.25) is 0 Å². The molecule has 1 saturated heterocycles. The molecule has 0 bridgehead atoms. The summed E-state index contributed by atoms with van der Waals surface area (Å²) < 4.78 is 16.8. The van der Waals surface area contributed by atoms with Crippen LogP contribution in [0.15, 0.2) is 0 Å². The van der Waals surface area contributed by atoms with Gasteiger partial charge in [0, 0.05) is 6.16 Å². The lowest BCUT2D eigenvalue weighted by molar-refractivity contribution is 0.0441. The highest BCUT2D eigenvalue weighted by Gasteiger charge is 2.31. The van der Waals surface area contributed by atoms with Crippen molar-refractivity contribution in [2.24, 2.45) is 5.92 Å². The van der Waals surface area contributed by atoms with Crippen molar-refractivity contribution in [3.05, 3.63) is 0 Å². The maximum absolute atomic E-state index is 11.1. The van der Waals surface area contributed by atoms with Gasteiger partial charge in [0.05, 0.1) is 20.0 Å². The normalized spacial score (nSPS) is 38.4. The third kappa shape index (κ3) is 2.60. The molecule has 0 aromatic carbocycles. The molecule has 1 unspecified atom stereocenters. The summed E-state index contributed by atoms with van der Waals surface area (Å²) in [4.78, 5) is 0. The zero-order chi connectivity index (χ0) is 9.14. The van der Waals surface area contributed by atoms with Gasteiger partial charge in [-0.1, -0.05) is 6.92 Å². The Morgan fingerprint density at radius 2 is 2.25 bits per heavy atom. The summed E-state index contributed by atoms with van der Waals surface area (Å²) in [5, 5.41) is 0. The first-order valence-corrected chi connectivity index (χ1v) is 6.90. The topological polar surface area (TPSA) is 26.3 Å². The van der Waals surface area contributed by atoms with E-state index in [9.17, 15) is 4.57 Å². The molecular weight excluding hydrogens is 171 g/mol. The van der Waals surface area contributed by atoms with Crippen LogP contribution in [0.4, 0.5) is 0 Å². The van der Waals surface area contributed by atoms with Gasteiger partial charge in [-0.2, -0.15) is 0 Å². The molecule has 1 aliphatic heterocycles. The number of hydrogen-bond acceptors (Lipinski definition) is 2. The molecule has 1 heterocycles. The summed E-state index contributed by atoms with van der Waals surface area (Å²) in [6.45, 7) is 6.10. The summed E-state index contributed by atoms with van der Waals surface area (Å²) in [6, 6.07) is 0. The average molecular weight is 190 g/mol. The molecule has 1 fully saturated rings. The molecule has 0 aliphatic carbocycles. The van der Waals surface area contributed by atoms with E-state index in [1.807, 2.05) is 6.66 Å². The average Bonchev–Trinajstić information content (AvgIpc) is 2.29. The fourth-order valence-electron chi connectivity index (χ4n) is 2.06. The minimum atomic E-state index is -1.31. The van der Waals surface area contributed by atoms with Crippen LogP contribution in [0.25, 0.3) is 0 Å². The van der Waals surface area contributed by atoms with Crippen molar-refractivity contribution in [1.82, 2.24) is 0 Å². The minimum Gasteiger partial charge on any atom is -0.375 e. The Morgan fingerprint density at radius 1 is 1.58 bits per heavy atom. The van der Waals surface area contributed by atoms with Gasteiger partial charge < -0.3 is 9.30 Å². The molecule has 72 valence electrons. The van der Waals surface area contributed by atoms with Crippen molar-refractivity contribution in [3.8, 4) is 0 Å². The van der Waals surface area contributed by atoms with Crippen LogP contribution in [0.2, 0.25) is 0 Å². The van der Waals surface area contributed by atoms with Crippen molar-refractivity contribution in [3.63, 3.8) is 0 Å². The Balaban J connectivity index is 2.46. The molecule has 4 atom stereocenters. The smallest absolute Gasteiger partial charge is 0.0736 e. The van der Waals surface area contributed by atoms with Gasteiger partial charge in [-0.05, 0) is 32.3 Å². The molecule has 12 heavy (non-hydrogen) atoms. The molecular formula is C9H19O2P. The van der Waals surface area contributed by atoms with Crippen LogP contribution in [-0.4, -0.2) is 25.0 Å². The first kappa shape index (κ1) is 10.3. The predicted molar refractivity (Wildman–Crippen MR) is 52.5 cm³/mol. The van der Waals surface area contributed by atoms with Gasteiger partial charge >= 0.3 is 0 Å². The van der Waals surface area contributed by atoms with Crippen LogP contribution in [0.3, 0.4) is 0 Å². The second-order valence-electron chi connectivity index (χ2n) is 3.80. The van der Waals surface area contributed by atoms with E-state index < -0.39 is 7.80 Å². The zero-order valence-corrected chi connectivity index (χ0v) is 9.17. The number of rotatable bonds is 3. The maximum Gasteiger partial charge on any atom is 0.0736 e. The number of hydrogen-bond donors (Lipinski definition) is 0. The fourth-order valence-corrected chi connectivity index (χ4v) is 3.22. The zero-order valence-electron chi connectivity index (χ0n) is 8.17. The van der Waals surface area contributed by atoms with Crippen molar-refractivity contribution < 1.29 is 9.30 Å². The summed E-state index contributed by atoms with van der Waals surface area (Å²) in [5.41, 5.74) is 0. The molecule has 0 amide bonds. The Kier molecular flexibility index (Phi) is 3.79. The van der Waals surface area contributed by atoms with Crippen LogP contribution in [0.5, 0.6) is 0 Å². The number of ether oxygens (including phenoxy) is 1.